The molecule has 0 aromatic carbocycles. The van der Waals surface area contributed by atoms with Crippen LogP contribution < -0.4 is 5.32 Å². The third-order valence-corrected chi connectivity index (χ3v) is 4.40. The van der Waals surface area contributed by atoms with Gasteiger partial charge in [0.1, 0.15) is 0 Å². The van der Waals surface area contributed by atoms with Crippen LogP contribution >= 0.6 is 0 Å². The minimum Gasteiger partial charge on any atom is -0.353 e. The zero-order chi connectivity index (χ0) is 14.8. The molecule has 2 rings (SSSR count). The number of hydrogen-bond donors (Lipinski definition) is 1. The summed E-state index contributed by atoms with van der Waals surface area (Å²) in [5.74, 6) is 0.137. The van der Waals surface area contributed by atoms with Crippen LogP contribution in [0.2, 0.25) is 0 Å². The van der Waals surface area contributed by atoms with Crippen LogP contribution in [0, 0.1) is 0 Å². The molecule has 112 valence electrons. The van der Waals surface area contributed by atoms with Crippen LogP contribution in [-0.2, 0) is 11.8 Å². The molecule has 4 heteroatoms. The molecule has 0 saturated carbocycles. The Morgan fingerprint density at radius 2 is 2.25 bits per heavy atom. The van der Waals surface area contributed by atoms with Gasteiger partial charge < -0.3 is 9.88 Å². The smallest absolute Gasteiger partial charge is 0.234 e. The third kappa shape index (κ3) is 3.42. The Morgan fingerprint density at radius 3 is 2.85 bits per heavy atom. The summed E-state index contributed by atoms with van der Waals surface area (Å²) >= 11 is 0. The van der Waals surface area contributed by atoms with Gasteiger partial charge in [0.05, 0.1) is 12.6 Å². The van der Waals surface area contributed by atoms with E-state index in [1.165, 1.54) is 12.1 Å². The van der Waals surface area contributed by atoms with Crippen LogP contribution in [0.5, 0.6) is 0 Å². The highest BCUT2D eigenvalue weighted by Crippen LogP contribution is 2.31. The van der Waals surface area contributed by atoms with Gasteiger partial charge >= 0.3 is 0 Å². The predicted molar refractivity (Wildman–Crippen MR) is 81.5 cm³/mol. The lowest BCUT2D eigenvalue weighted by Gasteiger charge is -2.28. The Labute approximate surface area is 122 Å². The van der Waals surface area contributed by atoms with Crippen molar-refractivity contribution in [3.63, 3.8) is 0 Å². The second-order valence-corrected chi connectivity index (χ2v) is 6.46. The zero-order valence-electron chi connectivity index (χ0n) is 13.1. The van der Waals surface area contributed by atoms with E-state index >= 15 is 0 Å². The fourth-order valence-electron chi connectivity index (χ4n) is 2.86. The van der Waals surface area contributed by atoms with E-state index in [1.54, 1.807) is 0 Å². The molecule has 1 saturated heterocycles. The van der Waals surface area contributed by atoms with Crippen LogP contribution in [0.15, 0.2) is 18.3 Å². The largest absolute Gasteiger partial charge is 0.353 e. The summed E-state index contributed by atoms with van der Waals surface area (Å²) < 4.78 is 2.16. The fraction of sp³-hybridized carbons (Fsp3) is 0.688. The minimum atomic E-state index is -0.114. The van der Waals surface area contributed by atoms with E-state index < -0.39 is 0 Å². The van der Waals surface area contributed by atoms with Gasteiger partial charge in [-0.1, -0.05) is 6.92 Å². The lowest BCUT2D eigenvalue weighted by molar-refractivity contribution is -0.124. The van der Waals surface area contributed by atoms with Gasteiger partial charge in [0.25, 0.3) is 0 Å². The first-order valence-corrected chi connectivity index (χ1v) is 7.59. The highest BCUT2D eigenvalue weighted by atomic mass is 16.2. The maximum atomic E-state index is 12.2. The number of amides is 1. The second kappa shape index (κ2) is 6.00. The summed E-state index contributed by atoms with van der Waals surface area (Å²) in [6.45, 7) is 7.76. The van der Waals surface area contributed by atoms with Crippen LogP contribution in [0.1, 0.15) is 51.8 Å². The summed E-state index contributed by atoms with van der Waals surface area (Å²) in [5, 5.41) is 3.13. The molecule has 0 aliphatic carbocycles. The molecular formula is C16H27N3O. The number of likely N-dealkylation sites (tertiary alicyclic amines) is 1. The van der Waals surface area contributed by atoms with E-state index in [-0.39, 0.29) is 11.4 Å². The third-order valence-electron chi connectivity index (χ3n) is 4.40. The molecule has 1 aromatic heterocycles. The Morgan fingerprint density at radius 1 is 1.50 bits per heavy atom. The summed E-state index contributed by atoms with van der Waals surface area (Å²) in [4.78, 5) is 14.5. The average Bonchev–Trinajstić information content (AvgIpc) is 2.97. The normalized spacial score (nSPS) is 20.3. The number of aryl methyl sites for hydroxylation is 1. The monoisotopic (exact) mass is 277 g/mol. The van der Waals surface area contributed by atoms with Crippen molar-refractivity contribution in [1.82, 2.24) is 14.8 Å². The fourth-order valence-corrected chi connectivity index (χ4v) is 2.86. The Bertz CT molecular complexity index is 464. The lowest BCUT2D eigenvalue weighted by Crippen LogP contribution is -2.47. The van der Waals surface area contributed by atoms with Crippen molar-refractivity contribution >= 4 is 5.91 Å². The average molecular weight is 277 g/mol. The molecule has 1 amide bonds. The molecule has 0 unspecified atom stereocenters. The molecule has 1 aromatic rings. The highest BCUT2D eigenvalue weighted by Gasteiger charge is 2.30. The Hall–Kier alpha value is -1.29. The maximum absolute atomic E-state index is 12.2. The van der Waals surface area contributed by atoms with Crippen molar-refractivity contribution in [2.75, 3.05) is 13.1 Å². The molecule has 1 fully saturated rings. The molecule has 1 aliphatic rings. The van der Waals surface area contributed by atoms with Crippen molar-refractivity contribution in [2.24, 2.45) is 7.05 Å². The van der Waals surface area contributed by atoms with E-state index in [9.17, 15) is 4.79 Å². The molecule has 0 spiro atoms. The predicted octanol–water partition coefficient (Wildman–Crippen LogP) is 2.47. The van der Waals surface area contributed by atoms with E-state index in [0.29, 0.717) is 12.6 Å². The highest BCUT2D eigenvalue weighted by molar-refractivity contribution is 5.78. The molecular weight excluding hydrogens is 250 g/mol. The molecule has 4 nitrogen and oxygen atoms in total. The summed E-state index contributed by atoms with van der Waals surface area (Å²) in [5.41, 5.74) is 1.20. The van der Waals surface area contributed by atoms with Gasteiger partial charge in [-0.3, -0.25) is 9.69 Å². The summed E-state index contributed by atoms with van der Waals surface area (Å²) in [6.07, 6.45) is 5.33. The number of rotatable bonds is 5. The minimum absolute atomic E-state index is 0.114. The topological polar surface area (TPSA) is 37.3 Å². The molecule has 1 atom stereocenters. The molecule has 0 radical (unpaired) electrons. The lowest BCUT2D eigenvalue weighted by atomic mass is 10.0. The first-order chi connectivity index (χ1) is 9.43. The number of nitrogens with zero attached hydrogens (tertiary/aromatic N) is 2. The summed E-state index contributed by atoms with van der Waals surface area (Å²) in [6, 6.07) is 4.62. The van der Waals surface area contributed by atoms with Crippen molar-refractivity contribution in [3.05, 3.63) is 24.0 Å². The number of carbonyl (C=O) groups excluding carboxylic acids is 1. The molecule has 1 aliphatic heterocycles. The number of aromatic nitrogens is 1. The molecule has 2 heterocycles. The second-order valence-electron chi connectivity index (χ2n) is 6.46. The molecule has 0 bridgehead atoms. The van der Waals surface area contributed by atoms with E-state index in [4.69, 9.17) is 0 Å². The standard InChI is InChI=1S/C16H27N3O/c1-5-16(2,3)17-15(20)12-19-11-7-9-14(19)13-8-6-10-18(13)4/h6,8,10,14H,5,7,9,11-12H2,1-4H3,(H,17,20)/t14-/m0/s1. The van der Waals surface area contributed by atoms with Crippen LogP contribution in [0.25, 0.3) is 0 Å². The first-order valence-electron chi connectivity index (χ1n) is 7.59. The van der Waals surface area contributed by atoms with Gasteiger partial charge in [-0.15, -0.1) is 0 Å². The van der Waals surface area contributed by atoms with Gasteiger partial charge in [-0.2, -0.15) is 0 Å². The van der Waals surface area contributed by atoms with Crippen LogP contribution in [0.3, 0.4) is 0 Å². The van der Waals surface area contributed by atoms with Gasteiger partial charge in [-0.25, -0.2) is 0 Å². The number of carbonyl (C=O) groups is 1. The van der Waals surface area contributed by atoms with E-state index in [2.05, 4.69) is 60.9 Å². The van der Waals surface area contributed by atoms with Crippen molar-refractivity contribution in [1.29, 1.82) is 0 Å². The summed E-state index contributed by atoms with van der Waals surface area (Å²) in [7, 11) is 2.08. The SMILES string of the molecule is CCC(C)(C)NC(=O)CN1CCC[C@H]1c1cccn1C. The zero-order valence-corrected chi connectivity index (χ0v) is 13.1. The van der Waals surface area contributed by atoms with Crippen LogP contribution in [0.4, 0.5) is 0 Å². The van der Waals surface area contributed by atoms with E-state index in [0.717, 1.165) is 19.4 Å². The number of hydrogen-bond acceptors (Lipinski definition) is 2. The van der Waals surface area contributed by atoms with Crippen LogP contribution in [-0.4, -0.2) is 34.0 Å². The quantitative estimate of drug-likeness (QED) is 0.897. The first kappa shape index (κ1) is 15.1. The molecule has 20 heavy (non-hydrogen) atoms. The van der Waals surface area contributed by atoms with Gasteiger partial charge in [0, 0.05) is 24.5 Å². The Kier molecular flexibility index (Phi) is 4.53. The van der Waals surface area contributed by atoms with Crippen molar-refractivity contribution in [3.8, 4) is 0 Å². The van der Waals surface area contributed by atoms with Gasteiger partial charge in [0.2, 0.25) is 5.91 Å². The van der Waals surface area contributed by atoms with Crippen molar-refractivity contribution < 1.29 is 4.79 Å². The van der Waals surface area contributed by atoms with Gasteiger partial charge in [-0.05, 0) is 51.8 Å². The van der Waals surface area contributed by atoms with Gasteiger partial charge in [0.15, 0.2) is 0 Å². The van der Waals surface area contributed by atoms with Crippen molar-refractivity contribution in [2.45, 2.75) is 51.6 Å². The molecule has 1 N–H and O–H groups in total. The maximum Gasteiger partial charge on any atom is 0.234 e. The Balaban J connectivity index is 1.98. The number of nitrogens with one attached hydrogen (secondary N) is 1. The van der Waals surface area contributed by atoms with E-state index in [1.807, 2.05) is 0 Å².